The van der Waals surface area contributed by atoms with Crippen LogP contribution >= 0.6 is 0 Å². The van der Waals surface area contributed by atoms with Crippen LogP contribution in [0.5, 0.6) is 0 Å². The molecule has 5 heteroatoms. The van der Waals surface area contributed by atoms with Crippen LogP contribution in [0.15, 0.2) is 42.5 Å². The molecule has 1 aromatic heterocycles. The molecule has 0 unspecified atom stereocenters. The van der Waals surface area contributed by atoms with Gasteiger partial charge in [0.25, 0.3) is 0 Å². The average molecular weight is 329 g/mol. The van der Waals surface area contributed by atoms with E-state index in [-0.39, 0.29) is 0 Å². The minimum Gasteiger partial charge on any atom is -0.348 e. The fraction of sp³-hybridized carbons (Fsp3) is 0.250. The maximum absolute atomic E-state index is 9.54. The van der Waals surface area contributed by atoms with Crippen LogP contribution < -0.4 is 4.90 Å². The summed E-state index contributed by atoms with van der Waals surface area (Å²) in [5, 5.41) is 18.6. The van der Waals surface area contributed by atoms with E-state index in [9.17, 15) is 5.26 Å². The fourth-order valence-electron chi connectivity index (χ4n) is 3.32. The van der Waals surface area contributed by atoms with Crippen molar-refractivity contribution >= 4 is 5.82 Å². The van der Waals surface area contributed by atoms with E-state index in [0.29, 0.717) is 11.5 Å². The zero-order valence-corrected chi connectivity index (χ0v) is 14.4. The van der Waals surface area contributed by atoms with Gasteiger partial charge in [0.2, 0.25) is 5.69 Å². The van der Waals surface area contributed by atoms with E-state index in [0.717, 1.165) is 30.8 Å². The van der Waals surface area contributed by atoms with Crippen molar-refractivity contribution in [2.45, 2.75) is 26.8 Å². The molecule has 0 bridgehead atoms. The summed E-state index contributed by atoms with van der Waals surface area (Å²) >= 11 is 0. The van der Waals surface area contributed by atoms with Crippen LogP contribution in [0.1, 0.15) is 27.9 Å². The number of nitrogens with zero attached hydrogens (tertiary/aromatic N) is 5. The highest BCUT2D eigenvalue weighted by atomic mass is 15.5. The van der Waals surface area contributed by atoms with Crippen molar-refractivity contribution in [2.75, 3.05) is 11.4 Å². The molecule has 2 heterocycles. The predicted octanol–water partition coefficient (Wildman–Crippen LogP) is 3.32. The van der Waals surface area contributed by atoms with Crippen LogP contribution in [0, 0.1) is 25.2 Å². The summed E-state index contributed by atoms with van der Waals surface area (Å²) < 4.78 is 0. The summed E-state index contributed by atoms with van der Waals surface area (Å²) in [4.78, 5) is 3.74. The van der Waals surface area contributed by atoms with Crippen LogP contribution in [-0.4, -0.2) is 21.5 Å². The Morgan fingerprint density at radius 1 is 1.00 bits per heavy atom. The molecule has 0 spiro atoms. The number of hydrogen-bond acceptors (Lipinski definition) is 4. The molecule has 25 heavy (non-hydrogen) atoms. The van der Waals surface area contributed by atoms with Crippen molar-refractivity contribution in [2.24, 2.45) is 0 Å². The van der Waals surface area contributed by atoms with E-state index in [1.165, 1.54) is 16.7 Å². The molecule has 0 atom stereocenters. The molecule has 2 aromatic carbocycles. The maximum Gasteiger partial charge on any atom is 0.207 e. The highest BCUT2D eigenvalue weighted by Crippen LogP contribution is 2.26. The predicted molar refractivity (Wildman–Crippen MR) is 96.7 cm³/mol. The van der Waals surface area contributed by atoms with Crippen molar-refractivity contribution in [1.29, 1.82) is 5.26 Å². The Balaban J connectivity index is 1.73. The first-order chi connectivity index (χ1) is 12.2. The normalized spacial score (nSPS) is 13.4. The lowest BCUT2D eigenvalue weighted by atomic mass is 10.00. The second-order valence-electron chi connectivity index (χ2n) is 6.43. The summed E-state index contributed by atoms with van der Waals surface area (Å²) in [6.45, 7) is 5.72. The molecule has 0 aliphatic carbocycles. The number of rotatable bonds is 2. The lowest BCUT2D eigenvalue weighted by Crippen LogP contribution is -2.31. The van der Waals surface area contributed by atoms with Gasteiger partial charge < -0.3 is 4.90 Å². The van der Waals surface area contributed by atoms with E-state index in [2.05, 4.69) is 65.3 Å². The first-order valence-corrected chi connectivity index (χ1v) is 8.43. The molecule has 5 nitrogen and oxygen atoms in total. The van der Waals surface area contributed by atoms with Crippen molar-refractivity contribution in [3.05, 3.63) is 70.4 Å². The quantitative estimate of drug-likeness (QED) is 0.724. The summed E-state index contributed by atoms with van der Waals surface area (Å²) in [5.41, 5.74) is 6.26. The van der Waals surface area contributed by atoms with Crippen molar-refractivity contribution < 1.29 is 0 Å². The fourth-order valence-corrected chi connectivity index (χ4v) is 3.32. The van der Waals surface area contributed by atoms with Crippen molar-refractivity contribution in [1.82, 2.24) is 15.0 Å². The van der Waals surface area contributed by atoms with Crippen LogP contribution in [-0.2, 0) is 13.0 Å². The number of anilines is 1. The number of hydrogen-bond donors (Lipinski definition) is 0. The Morgan fingerprint density at radius 2 is 1.80 bits per heavy atom. The van der Waals surface area contributed by atoms with E-state index < -0.39 is 0 Å². The van der Waals surface area contributed by atoms with Gasteiger partial charge in [-0.1, -0.05) is 36.4 Å². The second kappa shape index (κ2) is 6.06. The van der Waals surface area contributed by atoms with Crippen LogP contribution in [0.25, 0.3) is 5.69 Å². The lowest BCUT2D eigenvalue weighted by Gasteiger charge is -2.28. The van der Waals surface area contributed by atoms with E-state index in [1.807, 2.05) is 12.1 Å². The molecular formula is C20H19N5. The Morgan fingerprint density at radius 3 is 2.60 bits per heavy atom. The smallest absolute Gasteiger partial charge is 0.207 e. The number of benzene rings is 2. The largest absolute Gasteiger partial charge is 0.348 e. The zero-order chi connectivity index (χ0) is 17.4. The van der Waals surface area contributed by atoms with E-state index in [1.54, 1.807) is 4.80 Å². The third kappa shape index (κ3) is 2.66. The van der Waals surface area contributed by atoms with Crippen molar-refractivity contribution in [3.63, 3.8) is 0 Å². The Kier molecular flexibility index (Phi) is 3.73. The summed E-state index contributed by atoms with van der Waals surface area (Å²) in [5.74, 6) is 0.665. The molecule has 1 aliphatic rings. The molecule has 0 fully saturated rings. The molecule has 0 N–H and O–H groups in total. The molecular weight excluding hydrogens is 310 g/mol. The average Bonchev–Trinajstić information content (AvgIpc) is 3.08. The van der Waals surface area contributed by atoms with Gasteiger partial charge in [0, 0.05) is 13.1 Å². The summed E-state index contributed by atoms with van der Waals surface area (Å²) in [6.07, 6.45) is 0.956. The molecule has 0 radical (unpaired) electrons. The van der Waals surface area contributed by atoms with Crippen LogP contribution in [0.3, 0.4) is 0 Å². The number of fused-ring (bicyclic) bond motifs is 1. The van der Waals surface area contributed by atoms with Gasteiger partial charge in [0.15, 0.2) is 5.82 Å². The van der Waals surface area contributed by atoms with Gasteiger partial charge in [-0.15, -0.1) is 15.0 Å². The molecule has 0 amide bonds. The minimum absolute atomic E-state index is 0.375. The SMILES string of the molecule is Cc1cccc(-n2nc(C#N)c(N3CCc4ccccc4C3)n2)c1C. The van der Waals surface area contributed by atoms with Gasteiger partial charge >= 0.3 is 0 Å². The molecule has 4 rings (SSSR count). The highest BCUT2D eigenvalue weighted by Gasteiger charge is 2.23. The topological polar surface area (TPSA) is 57.7 Å². The Labute approximate surface area is 147 Å². The molecule has 1 aliphatic heterocycles. The lowest BCUT2D eigenvalue weighted by molar-refractivity contribution is 0.697. The second-order valence-corrected chi connectivity index (χ2v) is 6.43. The monoisotopic (exact) mass is 329 g/mol. The molecule has 124 valence electrons. The Hall–Kier alpha value is -3.13. The van der Waals surface area contributed by atoms with Gasteiger partial charge in [0.05, 0.1) is 5.69 Å². The van der Waals surface area contributed by atoms with Crippen LogP contribution in [0.2, 0.25) is 0 Å². The maximum atomic E-state index is 9.54. The van der Waals surface area contributed by atoms with Gasteiger partial charge in [-0.05, 0) is 48.6 Å². The molecule has 3 aromatic rings. The standard InChI is InChI=1S/C20H19N5/c1-14-6-5-9-19(15(14)2)25-22-18(12-21)20(23-25)24-11-10-16-7-3-4-8-17(16)13-24/h3-9H,10-11,13H2,1-2H3. The minimum atomic E-state index is 0.375. The first kappa shape index (κ1) is 15.4. The molecule has 0 saturated heterocycles. The summed E-state index contributed by atoms with van der Waals surface area (Å²) in [6, 6.07) is 16.7. The van der Waals surface area contributed by atoms with E-state index in [4.69, 9.17) is 0 Å². The van der Waals surface area contributed by atoms with Gasteiger partial charge in [-0.3, -0.25) is 0 Å². The van der Waals surface area contributed by atoms with E-state index >= 15 is 0 Å². The third-order valence-corrected chi connectivity index (χ3v) is 4.92. The Bertz CT molecular complexity index is 980. The third-order valence-electron chi connectivity index (χ3n) is 4.92. The summed E-state index contributed by atoms with van der Waals surface area (Å²) in [7, 11) is 0. The highest BCUT2D eigenvalue weighted by molar-refractivity contribution is 5.53. The van der Waals surface area contributed by atoms with Gasteiger partial charge in [-0.25, -0.2) is 0 Å². The number of aryl methyl sites for hydroxylation is 1. The zero-order valence-electron chi connectivity index (χ0n) is 14.4. The van der Waals surface area contributed by atoms with Crippen LogP contribution in [0.4, 0.5) is 5.82 Å². The molecule has 0 saturated carbocycles. The number of nitriles is 1. The van der Waals surface area contributed by atoms with Gasteiger partial charge in [0.1, 0.15) is 6.07 Å². The first-order valence-electron chi connectivity index (χ1n) is 8.43. The number of aromatic nitrogens is 3. The van der Waals surface area contributed by atoms with Gasteiger partial charge in [-0.2, -0.15) is 5.26 Å². The van der Waals surface area contributed by atoms with Crippen molar-refractivity contribution in [3.8, 4) is 11.8 Å².